The van der Waals surface area contributed by atoms with Crippen LogP contribution >= 0.6 is 11.8 Å². The molecular formula is C17H26N2OS. The Balaban J connectivity index is 1.82. The van der Waals surface area contributed by atoms with E-state index in [4.69, 9.17) is 0 Å². The van der Waals surface area contributed by atoms with E-state index in [2.05, 4.69) is 24.4 Å². The van der Waals surface area contributed by atoms with Crippen molar-refractivity contribution in [2.75, 3.05) is 25.4 Å². The Kier molecular flexibility index (Phi) is 7.10. The molecular weight excluding hydrogens is 280 g/mol. The van der Waals surface area contributed by atoms with Gasteiger partial charge < -0.3 is 10.2 Å². The van der Waals surface area contributed by atoms with Crippen LogP contribution in [0.2, 0.25) is 0 Å². The summed E-state index contributed by atoms with van der Waals surface area (Å²) in [5, 5.41) is 3.54. The molecule has 0 aromatic heterocycles. The number of hydrogen-bond donors (Lipinski definition) is 1. The van der Waals surface area contributed by atoms with Crippen LogP contribution in [0.25, 0.3) is 0 Å². The first-order valence-electron chi connectivity index (χ1n) is 7.98. The molecule has 0 spiro atoms. The molecule has 4 heteroatoms. The van der Waals surface area contributed by atoms with Crippen molar-refractivity contribution >= 4 is 17.7 Å². The molecule has 1 unspecified atom stereocenters. The number of amides is 1. The van der Waals surface area contributed by atoms with Gasteiger partial charge in [-0.05, 0) is 37.9 Å². The minimum atomic E-state index is 0.262. The van der Waals surface area contributed by atoms with Crippen LogP contribution < -0.4 is 5.32 Å². The minimum Gasteiger partial charge on any atom is -0.340 e. The number of piperidine rings is 1. The van der Waals surface area contributed by atoms with Crippen LogP contribution in [0.5, 0.6) is 0 Å². The summed E-state index contributed by atoms with van der Waals surface area (Å²) in [4.78, 5) is 15.7. The second-order valence-electron chi connectivity index (χ2n) is 5.59. The van der Waals surface area contributed by atoms with Crippen LogP contribution in [0.15, 0.2) is 35.2 Å². The van der Waals surface area contributed by atoms with Crippen molar-refractivity contribution in [2.24, 2.45) is 0 Å². The number of thioether (sulfide) groups is 1. The lowest BCUT2D eigenvalue weighted by molar-refractivity contribution is -0.128. The zero-order valence-electron chi connectivity index (χ0n) is 12.9. The maximum absolute atomic E-state index is 12.5. The fourth-order valence-electron chi connectivity index (χ4n) is 2.69. The normalized spacial score (nSPS) is 18.4. The molecule has 116 valence electrons. The van der Waals surface area contributed by atoms with Gasteiger partial charge in [0.2, 0.25) is 5.91 Å². The second kappa shape index (κ2) is 9.11. The summed E-state index contributed by atoms with van der Waals surface area (Å²) in [6.07, 6.45) is 4.76. The van der Waals surface area contributed by atoms with Gasteiger partial charge >= 0.3 is 0 Å². The first-order chi connectivity index (χ1) is 10.3. The van der Waals surface area contributed by atoms with E-state index >= 15 is 0 Å². The highest BCUT2D eigenvalue weighted by Gasteiger charge is 2.19. The largest absolute Gasteiger partial charge is 0.340 e. The Morgan fingerprint density at radius 2 is 2.14 bits per heavy atom. The van der Waals surface area contributed by atoms with E-state index in [1.807, 2.05) is 23.1 Å². The molecule has 21 heavy (non-hydrogen) atoms. The lowest BCUT2D eigenvalue weighted by Gasteiger charge is -2.30. The van der Waals surface area contributed by atoms with Gasteiger partial charge in [-0.25, -0.2) is 0 Å². The lowest BCUT2D eigenvalue weighted by atomic mass is 10.0. The number of benzene rings is 1. The van der Waals surface area contributed by atoms with Crippen LogP contribution in [0.4, 0.5) is 0 Å². The molecule has 1 N–H and O–H groups in total. The van der Waals surface area contributed by atoms with Gasteiger partial charge in [0, 0.05) is 24.0 Å². The monoisotopic (exact) mass is 306 g/mol. The zero-order chi connectivity index (χ0) is 14.9. The Labute approximate surface area is 132 Å². The molecule has 1 aromatic rings. The van der Waals surface area contributed by atoms with Gasteiger partial charge in [0.05, 0.1) is 5.75 Å². The fourth-order valence-corrected chi connectivity index (χ4v) is 3.51. The smallest absolute Gasteiger partial charge is 0.232 e. The highest BCUT2D eigenvalue weighted by atomic mass is 32.2. The van der Waals surface area contributed by atoms with E-state index in [-0.39, 0.29) is 5.91 Å². The summed E-state index contributed by atoms with van der Waals surface area (Å²) in [6.45, 7) is 4.96. The van der Waals surface area contributed by atoms with Crippen molar-refractivity contribution in [1.82, 2.24) is 10.2 Å². The Hall–Kier alpha value is -1.00. The van der Waals surface area contributed by atoms with Crippen molar-refractivity contribution in [3.05, 3.63) is 30.3 Å². The summed E-state index contributed by atoms with van der Waals surface area (Å²) in [5.41, 5.74) is 0. The number of nitrogens with zero attached hydrogens (tertiary/aromatic N) is 1. The Morgan fingerprint density at radius 1 is 1.33 bits per heavy atom. The molecule has 2 rings (SSSR count). The maximum Gasteiger partial charge on any atom is 0.232 e. The number of rotatable bonds is 7. The molecule has 0 saturated carbocycles. The predicted octanol–water partition coefficient (Wildman–Crippen LogP) is 3.16. The first kappa shape index (κ1) is 16.4. The van der Waals surface area contributed by atoms with Crippen molar-refractivity contribution in [3.8, 4) is 0 Å². The number of nitrogens with one attached hydrogen (secondary N) is 1. The van der Waals surface area contributed by atoms with E-state index < -0.39 is 0 Å². The van der Waals surface area contributed by atoms with Gasteiger partial charge in [-0.3, -0.25) is 4.79 Å². The highest BCUT2D eigenvalue weighted by molar-refractivity contribution is 8.00. The van der Waals surface area contributed by atoms with Crippen molar-refractivity contribution in [1.29, 1.82) is 0 Å². The van der Waals surface area contributed by atoms with Crippen molar-refractivity contribution in [2.45, 2.75) is 43.5 Å². The second-order valence-corrected chi connectivity index (χ2v) is 6.64. The van der Waals surface area contributed by atoms with Crippen LogP contribution in [-0.2, 0) is 4.79 Å². The Morgan fingerprint density at radius 3 is 2.81 bits per heavy atom. The highest BCUT2D eigenvalue weighted by Crippen LogP contribution is 2.18. The molecule has 1 aliphatic heterocycles. The van der Waals surface area contributed by atoms with E-state index in [1.54, 1.807) is 11.8 Å². The predicted molar refractivity (Wildman–Crippen MR) is 89.7 cm³/mol. The molecule has 1 amide bonds. The van der Waals surface area contributed by atoms with Crippen LogP contribution in [-0.4, -0.2) is 42.2 Å². The number of carbonyl (C=O) groups excluding carboxylic acids is 1. The van der Waals surface area contributed by atoms with Crippen LogP contribution in [0, 0.1) is 0 Å². The number of carbonyl (C=O) groups is 1. The molecule has 3 nitrogen and oxygen atoms in total. The average molecular weight is 306 g/mol. The third-order valence-electron chi connectivity index (χ3n) is 3.80. The third-order valence-corrected chi connectivity index (χ3v) is 4.80. The lowest BCUT2D eigenvalue weighted by Crippen LogP contribution is -2.46. The van der Waals surface area contributed by atoms with E-state index in [0.717, 1.165) is 31.0 Å². The molecule has 1 heterocycles. The maximum atomic E-state index is 12.5. The van der Waals surface area contributed by atoms with Gasteiger partial charge in [-0.2, -0.15) is 0 Å². The third kappa shape index (κ3) is 5.71. The minimum absolute atomic E-state index is 0.262. The molecule has 1 fully saturated rings. The van der Waals surface area contributed by atoms with Gasteiger partial charge in [0.15, 0.2) is 0 Å². The summed E-state index contributed by atoms with van der Waals surface area (Å²) in [7, 11) is 0. The van der Waals surface area contributed by atoms with Crippen LogP contribution in [0.3, 0.4) is 0 Å². The molecule has 1 atom stereocenters. The van der Waals surface area contributed by atoms with Gasteiger partial charge in [-0.1, -0.05) is 31.5 Å². The first-order valence-corrected chi connectivity index (χ1v) is 8.97. The topological polar surface area (TPSA) is 32.3 Å². The zero-order valence-corrected chi connectivity index (χ0v) is 13.7. The summed E-state index contributed by atoms with van der Waals surface area (Å²) in [6, 6.07) is 10.6. The van der Waals surface area contributed by atoms with E-state index in [1.165, 1.54) is 19.3 Å². The summed E-state index contributed by atoms with van der Waals surface area (Å²) in [5.74, 6) is 0.801. The fraction of sp³-hybridized carbons (Fsp3) is 0.588. The Bertz CT molecular complexity index is 418. The van der Waals surface area contributed by atoms with Crippen molar-refractivity contribution < 1.29 is 4.79 Å². The van der Waals surface area contributed by atoms with E-state index in [9.17, 15) is 4.79 Å². The average Bonchev–Trinajstić information content (AvgIpc) is 2.54. The molecule has 1 aliphatic rings. The summed E-state index contributed by atoms with van der Waals surface area (Å²) >= 11 is 1.63. The SMILES string of the molecule is CCCN(CC1CCCCN1)C(=O)CSc1ccccc1. The number of hydrogen-bond acceptors (Lipinski definition) is 3. The molecule has 0 radical (unpaired) electrons. The molecule has 1 aromatic carbocycles. The van der Waals surface area contributed by atoms with Gasteiger partial charge in [0.25, 0.3) is 0 Å². The summed E-state index contributed by atoms with van der Waals surface area (Å²) < 4.78 is 0. The van der Waals surface area contributed by atoms with E-state index in [0.29, 0.717) is 11.8 Å². The molecule has 0 bridgehead atoms. The van der Waals surface area contributed by atoms with Crippen molar-refractivity contribution in [3.63, 3.8) is 0 Å². The molecule has 0 aliphatic carbocycles. The quantitative estimate of drug-likeness (QED) is 0.785. The molecule has 1 saturated heterocycles. The van der Waals surface area contributed by atoms with Gasteiger partial charge in [-0.15, -0.1) is 11.8 Å². The standard InChI is InChI=1S/C17H26N2OS/c1-2-12-19(13-15-8-6-7-11-18-15)17(20)14-21-16-9-4-3-5-10-16/h3-5,9-10,15,18H,2,6-8,11-14H2,1H3. The van der Waals surface area contributed by atoms with Crippen LogP contribution in [0.1, 0.15) is 32.6 Å². The van der Waals surface area contributed by atoms with Gasteiger partial charge in [0.1, 0.15) is 0 Å².